The Balaban J connectivity index is 1.95. The minimum absolute atomic E-state index is 0.443. The topological polar surface area (TPSA) is 37.8 Å². The highest BCUT2D eigenvalue weighted by Gasteiger charge is 2.13. The maximum absolute atomic E-state index is 5.74. The molecule has 0 amide bonds. The Morgan fingerprint density at radius 2 is 2.43 bits per heavy atom. The second kappa shape index (κ2) is 4.84. The van der Waals surface area contributed by atoms with Crippen LogP contribution < -0.4 is 5.32 Å². The van der Waals surface area contributed by atoms with Crippen LogP contribution in [-0.2, 0) is 0 Å². The fourth-order valence-corrected chi connectivity index (χ4v) is 2.69. The first-order valence-electron chi connectivity index (χ1n) is 4.66. The molecule has 1 aromatic heterocycles. The van der Waals surface area contributed by atoms with E-state index in [0.29, 0.717) is 11.2 Å². The molecule has 0 bridgehead atoms. The normalized spacial score (nSPS) is 21.9. The molecule has 1 fully saturated rings. The molecule has 0 saturated carbocycles. The van der Waals surface area contributed by atoms with Crippen molar-refractivity contribution in [3.8, 4) is 0 Å². The van der Waals surface area contributed by atoms with E-state index in [0.717, 1.165) is 11.6 Å². The zero-order chi connectivity index (χ0) is 9.80. The molecule has 1 aromatic rings. The molecular weight excluding hydrogens is 218 g/mol. The minimum atomic E-state index is 0.443. The molecule has 14 heavy (non-hydrogen) atoms. The van der Waals surface area contributed by atoms with E-state index in [-0.39, 0.29) is 0 Å². The van der Waals surface area contributed by atoms with Crippen LogP contribution in [0.15, 0.2) is 12.4 Å². The van der Waals surface area contributed by atoms with Crippen LogP contribution in [0.5, 0.6) is 0 Å². The van der Waals surface area contributed by atoms with E-state index in [1.165, 1.54) is 18.6 Å². The Hall–Kier alpha value is -0.480. The molecule has 76 valence electrons. The van der Waals surface area contributed by atoms with Gasteiger partial charge in [-0.3, -0.25) is 4.98 Å². The first kappa shape index (κ1) is 10.1. The predicted octanol–water partition coefficient (Wildman–Crippen LogP) is 2.44. The molecule has 3 nitrogen and oxygen atoms in total. The van der Waals surface area contributed by atoms with Gasteiger partial charge >= 0.3 is 0 Å². The standard InChI is InChI=1S/C9H12ClN3S/c10-8-4-11-5-9(13-8)12-7-2-1-3-14-6-7/h4-5,7H,1-3,6H2,(H,12,13). The Kier molecular flexibility index (Phi) is 3.48. The maximum atomic E-state index is 5.74. The highest BCUT2D eigenvalue weighted by molar-refractivity contribution is 7.99. The van der Waals surface area contributed by atoms with Gasteiger partial charge in [-0.25, -0.2) is 4.98 Å². The summed E-state index contributed by atoms with van der Waals surface area (Å²) in [5.74, 6) is 3.21. The van der Waals surface area contributed by atoms with Crippen LogP contribution in [0.1, 0.15) is 12.8 Å². The van der Waals surface area contributed by atoms with Gasteiger partial charge in [-0.1, -0.05) is 11.6 Å². The highest BCUT2D eigenvalue weighted by Crippen LogP contribution is 2.20. The molecule has 1 aliphatic rings. The monoisotopic (exact) mass is 229 g/mol. The van der Waals surface area contributed by atoms with Crippen LogP contribution in [0, 0.1) is 0 Å². The first-order valence-corrected chi connectivity index (χ1v) is 6.20. The van der Waals surface area contributed by atoms with Crippen molar-refractivity contribution in [2.75, 3.05) is 16.8 Å². The summed E-state index contributed by atoms with van der Waals surface area (Å²) in [5.41, 5.74) is 0. The molecule has 0 aromatic carbocycles. The van der Waals surface area contributed by atoms with Crippen LogP contribution in [0.4, 0.5) is 5.82 Å². The van der Waals surface area contributed by atoms with E-state index in [9.17, 15) is 0 Å². The molecule has 2 heterocycles. The smallest absolute Gasteiger partial charge is 0.149 e. The van der Waals surface area contributed by atoms with E-state index in [1.807, 2.05) is 11.8 Å². The van der Waals surface area contributed by atoms with E-state index < -0.39 is 0 Å². The van der Waals surface area contributed by atoms with Gasteiger partial charge < -0.3 is 5.32 Å². The fraction of sp³-hybridized carbons (Fsp3) is 0.556. The molecule has 1 N–H and O–H groups in total. The van der Waals surface area contributed by atoms with E-state index in [1.54, 1.807) is 12.4 Å². The Labute approximate surface area is 92.7 Å². The third-order valence-corrected chi connectivity index (χ3v) is 3.51. The average molecular weight is 230 g/mol. The van der Waals surface area contributed by atoms with Crippen molar-refractivity contribution >= 4 is 29.2 Å². The summed E-state index contributed by atoms with van der Waals surface area (Å²) in [4.78, 5) is 8.14. The first-order chi connectivity index (χ1) is 6.84. The molecule has 1 aliphatic heterocycles. The van der Waals surface area contributed by atoms with Gasteiger partial charge in [-0.05, 0) is 18.6 Å². The molecule has 2 rings (SSSR count). The number of rotatable bonds is 2. The largest absolute Gasteiger partial charge is 0.365 e. The van der Waals surface area contributed by atoms with Crippen LogP contribution in [0.25, 0.3) is 0 Å². The lowest BCUT2D eigenvalue weighted by Crippen LogP contribution is -2.26. The van der Waals surface area contributed by atoms with Gasteiger partial charge in [0.05, 0.1) is 12.4 Å². The number of aromatic nitrogens is 2. The third kappa shape index (κ3) is 2.75. The number of nitrogens with one attached hydrogen (secondary N) is 1. The summed E-state index contributed by atoms with van der Waals surface area (Å²) in [6.07, 6.45) is 5.74. The molecule has 1 saturated heterocycles. The predicted molar refractivity (Wildman–Crippen MR) is 61.0 cm³/mol. The summed E-state index contributed by atoms with van der Waals surface area (Å²) < 4.78 is 0. The van der Waals surface area contributed by atoms with Gasteiger partial charge in [0.2, 0.25) is 0 Å². The number of halogens is 1. The number of hydrogen-bond donors (Lipinski definition) is 1. The molecule has 0 spiro atoms. The van der Waals surface area contributed by atoms with Gasteiger partial charge in [0.1, 0.15) is 11.0 Å². The average Bonchev–Trinajstić information content (AvgIpc) is 2.19. The van der Waals surface area contributed by atoms with Crippen molar-refractivity contribution in [3.05, 3.63) is 17.5 Å². The van der Waals surface area contributed by atoms with Crippen molar-refractivity contribution in [1.82, 2.24) is 9.97 Å². The van der Waals surface area contributed by atoms with Crippen molar-refractivity contribution in [1.29, 1.82) is 0 Å². The van der Waals surface area contributed by atoms with Gasteiger partial charge in [0.15, 0.2) is 0 Å². The maximum Gasteiger partial charge on any atom is 0.149 e. The van der Waals surface area contributed by atoms with E-state index >= 15 is 0 Å². The van der Waals surface area contributed by atoms with Gasteiger partial charge in [0.25, 0.3) is 0 Å². The van der Waals surface area contributed by atoms with Gasteiger partial charge in [-0.2, -0.15) is 11.8 Å². The number of thioether (sulfide) groups is 1. The minimum Gasteiger partial charge on any atom is -0.365 e. The Morgan fingerprint density at radius 3 is 3.14 bits per heavy atom. The van der Waals surface area contributed by atoms with Crippen LogP contribution in [0.2, 0.25) is 5.15 Å². The number of nitrogens with zero attached hydrogens (tertiary/aromatic N) is 2. The number of hydrogen-bond acceptors (Lipinski definition) is 4. The summed E-state index contributed by atoms with van der Waals surface area (Å²) in [6.45, 7) is 0. The molecule has 5 heteroatoms. The zero-order valence-electron chi connectivity index (χ0n) is 7.74. The lowest BCUT2D eigenvalue weighted by atomic mass is 10.2. The lowest BCUT2D eigenvalue weighted by molar-refractivity contribution is 0.682. The van der Waals surface area contributed by atoms with Crippen molar-refractivity contribution in [2.45, 2.75) is 18.9 Å². The van der Waals surface area contributed by atoms with Gasteiger partial charge in [-0.15, -0.1) is 0 Å². The summed E-state index contributed by atoms with van der Waals surface area (Å²) in [6, 6.07) is 0.515. The number of anilines is 1. The Morgan fingerprint density at radius 1 is 1.50 bits per heavy atom. The van der Waals surface area contributed by atoms with Crippen LogP contribution >= 0.6 is 23.4 Å². The second-order valence-electron chi connectivity index (χ2n) is 3.29. The van der Waals surface area contributed by atoms with E-state index in [2.05, 4.69) is 15.3 Å². The zero-order valence-corrected chi connectivity index (χ0v) is 9.31. The highest BCUT2D eigenvalue weighted by atomic mass is 35.5. The molecule has 1 atom stereocenters. The quantitative estimate of drug-likeness (QED) is 0.846. The second-order valence-corrected chi connectivity index (χ2v) is 4.82. The third-order valence-electron chi connectivity index (χ3n) is 2.12. The molecule has 0 aliphatic carbocycles. The van der Waals surface area contributed by atoms with Crippen molar-refractivity contribution in [3.63, 3.8) is 0 Å². The molecule has 0 radical (unpaired) electrons. The van der Waals surface area contributed by atoms with Crippen molar-refractivity contribution < 1.29 is 0 Å². The van der Waals surface area contributed by atoms with Crippen molar-refractivity contribution in [2.24, 2.45) is 0 Å². The summed E-state index contributed by atoms with van der Waals surface area (Å²) in [5, 5.41) is 3.79. The van der Waals surface area contributed by atoms with Crippen LogP contribution in [0.3, 0.4) is 0 Å². The van der Waals surface area contributed by atoms with E-state index in [4.69, 9.17) is 11.6 Å². The molecular formula is C9H12ClN3S. The van der Waals surface area contributed by atoms with Crippen LogP contribution in [-0.4, -0.2) is 27.5 Å². The SMILES string of the molecule is Clc1cncc(NC2CCCSC2)n1. The summed E-state index contributed by atoms with van der Waals surface area (Å²) >= 11 is 7.73. The Bertz CT molecular complexity index is 302. The fourth-order valence-electron chi connectivity index (χ4n) is 1.48. The summed E-state index contributed by atoms with van der Waals surface area (Å²) in [7, 11) is 0. The lowest BCUT2D eigenvalue weighted by Gasteiger charge is -2.22. The molecule has 1 unspecified atom stereocenters. The van der Waals surface area contributed by atoms with Gasteiger partial charge in [0, 0.05) is 11.8 Å².